The molecule has 1 amide bonds. The fourth-order valence-electron chi connectivity index (χ4n) is 1.68. The highest BCUT2D eigenvalue weighted by Crippen LogP contribution is 2.28. The van der Waals surface area contributed by atoms with Crippen molar-refractivity contribution in [2.24, 2.45) is 0 Å². The number of aromatic nitrogens is 1. The van der Waals surface area contributed by atoms with Crippen LogP contribution in [0.25, 0.3) is 11.0 Å². The minimum absolute atomic E-state index is 0.246. The van der Waals surface area contributed by atoms with E-state index in [2.05, 4.69) is 10.5 Å². The second-order valence-electron chi connectivity index (χ2n) is 5.49. The van der Waals surface area contributed by atoms with Gasteiger partial charge in [0.1, 0.15) is 12.2 Å². The van der Waals surface area contributed by atoms with E-state index in [1.807, 2.05) is 0 Å². The molecule has 0 bridgehead atoms. The van der Waals surface area contributed by atoms with Gasteiger partial charge in [0.05, 0.1) is 17.6 Å². The number of fused-ring (bicyclic) bond motifs is 1. The summed E-state index contributed by atoms with van der Waals surface area (Å²) in [6.45, 7) is 5.94. The smallest absolute Gasteiger partial charge is 0.407 e. The Morgan fingerprint density at radius 1 is 1.43 bits per heavy atom. The Hall–Kier alpha value is -2.44. The zero-order valence-electron chi connectivity index (χ0n) is 12.3. The molecular weight excluding hydrogens is 274 g/mol. The number of amides is 1. The number of hydrogen-bond acceptors (Lipinski definition) is 6. The zero-order valence-corrected chi connectivity index (χ0v) is 12.3. The van der Waals surface area contributed by atoms with Gasteiger partial charge in [0.25, 0.3) is 5.88 Å². The molecule has 7 heteroatoms. The second-order valence-corrected chi connectivity index (χ2v) is 5.49. The lowest BCUT2D eigenvalue weighted by molar-refractivity contribution is 0.0520. The van der Waals surface area contributed by atoms with Gasteiger partial charge in [-0.2, -0.15) is 0 Å². The van der Waals surface area contributed by atoms with Crippen molar-refractivity contribution in [1.29, 1.82) is 0 Å². The molecule has 2 rings (SSSR count). The van der Waals surface area contributed by atoms with E-state index in [9.17, 15) is 4.79 Å². The lowest BCUT2D eigenvalue weighted by Gasteiger charge is -2.19. The molecule has 0 fully saturated rings. The Morgan fingerprint density at radius 2 is 2.19 bits per heavy atom. The minimum Gasteiger partial charge on any atom is -0.473 e. The number of anilines is 1. The average molecular weight is 293 g/mol. The van der Waals surface area contributed by atoms with Crippen LogP contribution in [-0.4, -0.2) is 30.0 Å². The number of nitrogens with two attached hydrogens (primary N) is 1. The molecule has 0 aliphatic rings. The third-order valence-electron chi connectivity index (χ3n) is 2.50. The largest absolute Gasteiger partial charge is 0.473 e. The van der Waals surface area contributed by atoms with Crippen LogP contribution in [0, 0.1) is 0 Å². The Kier molecular flexibility index (Phi) is 4.21. The van der Waals surface area contributed by atoms with Gasteiger partial charge in [0, 0.05) is 0 Å². The van der Waals surface area contributed by atoms with Crippen molar-refractivity contribution < 1.29 is 18.8 Å². The zero-order chi connectivity index (χ0) is 15.5. The molecule has 3 N–H and O–H groups in total. The van der Waals surface area contributed by atoms with Crippen molar-refractivity contribution in [3.8, 4) is 5.88 Å². The first kappa shape index (κ1) is 15.0. The highest BCUT2D eigenvalue weighted by atomic mass is 16.6. The number of alkyl carbamates (subject to hydrolysis) is 1. The number of hydrogen-bond donors (Lipinski definition) is 2. The molecule has 114 valence electrons. The van der Waals surface area contributed by atoms with Gasteiger partial charge in [-0.1, -0.05) is 6.07 Å². The topological polar surface area (TPSA) is 99.6 Å². The van der Waals surface area contributed by atoms with Gasteiger partial charge >= 0.3 is 6.09 Å². The number of nitrogens with zero attached hydrogens (tertiary/aromatic N) is 1. The van der Waals surface area contributed by atoms with Gasteiger partial charge in [0.15, 0.2) is 5.58 Å². The average Bonchev–Trinajstić information content (AvgIpc) is 2.77. The number of para-hydroxylation sites is 1. The van der Waals surface area contributed by atoms with Gasteiger partial charge in [-0.15, -0.1) is 0 Å². The lowest BCUT2D eigenvalue weighted by Crippen LogP contribution is -2.34. The summed E-state index contributed by atoms with van der Waals surface area (Å²) in [5.74, 6) is 0.350. The summed E-state index contributed by atoms with van der Waals surface area (Å²) >= 11 is 0. The van der Waals surface area contributed by atoms with Crippen LogP contribution in [0.1, 0.15) is 20.8 Å². The number of carbonyl (C=O) groups excluding carboxylic acids is 1. The third kappa shape index (κ3) is 4.01. The summed E-state index contributed by atoms with van der Waals surface area (Å²) in [7, 11) is 0. The van der Waals surface area contributed by atoms with Crippen molar-refractivity contribution in [2.75, 3.05) is 18.9 Å². The number of nitrogen functional groups attached to an aromatic ring is 1. The third-order valence-corrected chi connectivity index (χ3v) is 2.50. The molecule has 1 heterocycles. The first-order chi connectivity index (χ1) is 9.87. The van der Waals surface area contributed by atoms with Crippen LogP contribution in [0.4, 0.5) is 10.5 Å². The summed E-state index contributed by atoms with van der Waals surface area (Å²) in [5.41, 5.74) is 6.23. The van der Waals surface area contributed by atoms with E-state index in [4.69, 9.17) is 19.7 Å². The fourth-order valence-corrected chi connectivity index (χ4v) is 1.68. The molecule has 0 radical (unpaired) electrons. The SMILES string of the molecule is CC(C)(C)OC(=O)NCCOc1noc2c(N)cccc12. The van der Waals surface area contributed by atoms with Gasteiger partial charge in [-0.25, -0.2) is 4.79 Å². The summed E-state index contributed by atoms with van der Waals surface area (Å²) < 4.78 is 15.7. The van der Waals surface area contributed by atoms with E-state index in [1.54, 1.807) is 39.0 Å². The Balaban J connectivity index is 1.83. The van der Waals surface area contributed by atoms with Gasteiger partial charge in [-0.05, 0) is 38.1 Å². The van der Waals surface area contributed by atoms with Gasteiger partial charge < -0.3 is 25.0 Å². The maximum atomic E-state index is 11.4. The number of carbonyl (C=O) groups is 1. The van der Waals surface area contributed by atoms with Crippen LogP contribution >= 0.6 is 0 Å². The number of benzene rings is 1. The number of rotatable bonds is 4. The van der Waals surface area contributed by atoms with E-state index < -0.39 is 11.7 Å². The summed E-state index contributed by atoms with van der Waals surface area (Å²) in [5, 5.41) is 7.10. The van der Waals surface area contributed by atoms with E-state index in [1.165, 1.54) is 0 Å². The standard InChI is InChI=1S/C14H19N3O4/c1-14(2,3)20-13(18)16-7-8-19-12-9-5-4-6-10(15)11(9)21-17-12/h4-6H,7-8,15H2,1-3H3,(H,16,18). The van der Waals surface area contributed by atoms with E-state index in [0.717, 1.165) is 0 Å². The number of nitrogens with one attached hydrogen (secondary N) is 1. The monoisotopic (exact) mass is 293 g/mol. The van der Waals surface area contributed by atoms with Crippen molar-refractivity contribution in [1.82, 2.24) is 10.5 Å². The van der Waals surface area contributed by atoms with Crippen LogP contribution in [0.3, 0.4) is 0 Å². The highest BCUT2D eigenvalue weighted by molar-refractivity contribution is 5.90. The quantitative estimate of drug-likeness (QED) is 0.663. The van der Waals surface area contributed by atoms with Crippen LogP contribution in [-0.2, 0) is 4.74 Å². The molecule has 1 aromatic carbocycles. The minimum atomic E-state index is -0.523. The van der Waals surface area contributed by atoms with Crippen LogP contribution in [0.15, 0.2) is 22.7 Å². The van der Waals surface area contributed by atoms with Crippen molar-refractivity contribution >= 4 is 22.7 Å². The predicted molar refractivity (Wildman–Crippen MR) is 78.2 cm³/mol. The molecule has 0 saturated carbocycles. The van der Waals surface area contributed by atoms with E-state index in [-0.39, 0.29) is 6.61 Å². The molecule has 21 heavy (non-hydrogen) atoms. The van der Waals surface area contributed by atoms with E-state index in [0.29, 0.717) is 29.1 Å². The molecule has 0 atom stereocenters. The number of ether oxygens (including phenoxy) is 2. The van der Waals surface area contributed by atoms with E-state index >= 15 is 0 Å². The summed E-state index contributed by atoms with van der Waals surface area (Å²) in [6, 6.07) is 5.32. The second kappa shape index (κ2) is 5.90. The maximum absolute atomic E-state index is 11.4. The fraction of sp³-hybridized carbons (Fsp3) is 0.429. The molecule has 0 aliphatic carbocycles. The Morgan fingerprint density at radius 3 is 2.90 bits per heavy atom. The molecule has 0 saturated heterocycles. The van der Waals surface area contributed by atoms with Crippen LogP contribution in [0.2, 0.25) is 0 Å². The normalized spacial score (nSPS) is 11.4. The highest BCUT2D eigenvalue weighted by Gasteiger charge is 2.16. The first-order valence-corrected chi connectivity index (χ1v) is 6.60. The molecular formula is C14H19N3O4. The Labute approximate surface area is 122 Å². The van der Waals surface area contributed by atoms with Crippen molar-refractivity contribution in [3.63, 3.8) is 0 Å². The predicted octanol–water partition coefficient (Wildman–Crippen LogP) is 2.31. The summed E-state index contributed by atoms with van der Waals surface area (Å²) in [6.07, 6.45) is -0.486. The van der Waals surface area contributed by atoms with Crippen LogP contribution < -0.4 is 15.8 Å². The molecule has 0 aliphatic heterocycles. The maximum Gasteiger partial charge on any atom is 0.407 e. The molecule has 0 spiro atoms. The first-order valence-electron chi connectivity index (χ1n) is 6.60. The molecule has 0 unspecified atom stereocenters. The molecule has 7 nitrogen and oxygen atoms in total. The van der Waals surface area contributed by atoms with Gasteiger partial charge in [-0.3, -0.25) is 0 Å². The van der Waals surface area contributed by atoms with Crippen molar-refractivity contribution in [3.05, 3.63) is 18.2 Å². The molecule has 2 aromatic rings. The van der Waals surface area contributed by atoms with Crippen LogP contribution in [0.5, 0.6) is 5.88 Å². The lowest BCUT2D eigenvalue weighted by atomic mass is 10.2. The van der Waals surface area contributed by atoms with Gasteiger partial charge in [0.2, 0.25) is 0 Å². The summed E-state index contributed by atoms with van der Waals surface area (Å²) in [4.78, 5) is 11.4. The Bertz CT molecular complexity index is 631. The molecule has 1 aromatic heterocycles. The van der Waals surface area contributed by atoms with Crippen molar-refractivity contribution in [2.45, 2.75) is 26.4 Å².